The van der Waals surface area contributed by atoms with E-state index < -0.39 is 11.9 Å². The van der Waals surface area contributed by atoms with Crippen LogP contribution in [0.1, 0.15) is 26.4 Å². The highest BCUT2D eigenvalue weighted by Gasteiger charge is 2.17. The van der Waals surface area contributed by atoms with Gasteiger partial charge in [0.05, 0.1) is 15.7 Å². The Bertz CT molecular complexity index is 1210. The number of aromatic nitrogens is 1. The van der Waals surface area contributed by atoms with Gasteiger partial charge in [-0.05, 0) is 48.9 Å². The minimum Gasteiger partial charge on any atom is -0.354 e. The van der Waals surface area contributed by atoms with Gasteiger partial charge in [-0.3, -0.25) is 19.5 Å². The van der Waals surface area contributed by atoms with Crippen molar-refractivity contribution in [2.45, 2.75) is 6.92 Å². The van der Waals surface area contributed by atoms with E-state index in [1.54, 1.807) is 56.4 Å². The summed E-state index contributed by atoms with van der Waals surface area (Å²) in [5.41, 5.74) is 2.47. The van der Waals surface area contributed by atoms with Crippen LogP contribution >= 0.6 is 23.2 Å². The molecule has 33 heavy (non-hydrogen) atoms. The van der Waals surface area contributed by atoms with Crippen molar-refractivity contribution >= 4 is 58.1 Å². The number of amides is 4. The molecule has 0 aliphatic heterocycles. The quantitative estimate of drug-likeness (QED) is 0.474. The molecule has 10 heteroatoms. The van der Waals surface area contributed by atoms with E-state index in [-0.39, 0.29) is 11.6 Å². The van der Waals surface area contributed by atoms with Crippen LogP contribution in [-0.4, -0.2) is 36.9 Å². The second-order valence-electron chi connectivity index (χ2n) is 7.05. The lowest BCUT2D eigenvalue weighted by Gasteiger charge is -2.19. The van der Waals surface area contributed by atoms with Gasteiger partial charge in [0.25, 0.3) is 11.8 Å². The molecule has 1 aromatic heterocycles. The van der Waals surface area contributed by atoms with Gasteiger partial charge in [-0.25, -0.2) is 4.79 Å². The van der Waals surface area contributed by atoms with Crippen molar-refractivity contribution in [1.29, 1.82) is 0 Å². The Morgan fingerprint density at radius 3 is 2.30 bits per heavy atom. The van der Waals surface area contributed by atoms with E-state index in [0.29, 0.717) is 32.7 Å². The standard InChI is InChI=1S/C23H21Cl2N5O3/c1-13-7-8-14(21(31)29-20-16(24)5-4-6-17(20)25)11-18(13)28-23(33)30(3)15-9-10-27-19(12-15)22(32)26-2/h4-12H,1-3H3,(H,26,32)(H,28,33)(H,29,31). The maximum absolute atomic E-state index is 12.8. The van der Waals surface area contributed by atoms with Crippen molar-refractivity contribution in [1.82, 2.24) is 10.3 Å². The minimum atomic E-state index is -0.459. The molecule has 3 rings (SSSR count). The van der Waals surface area contributed by atoms with E-state index in [1.165, 1.54) is 24.2 Å². The third-order valence-corrected chi connectivity index (χ3v) is 5.47. The molecule has 0 aliphatic rings. The zero-order valence-electron chi connectivity index (χ0n) is 18.1. The second-order valence-corrected chi connectivity index (χ2v) is 7.86. The zero-order valence-corrected chi connectivity index (χ0v) is 19.6. The minimum absolute atomic E-state index is 0.183. The number of carbonyl (C=O) groups is 3. The SMILES string of the molecule is CNC(=O)c1cc(N(C)C(=O)Nc2cc(C(=O)Nc3c(Cl)cccc3Cl)ccc2C)ccn1. The van der Waals surface area contributed by atoms with E-state index >= 15 is 0 Å². The van der Waals surface area contributed by atoms with Crippen LogP contribution in [0.4, 0.5) is 21.9 Å². The fourth-order valence-corrected chi connectivity index (χ4v) is 3.39. The number of hydrogen-bond acceptors (Lipinski definition) is 4. The Morgan fingerprint density at radius 2 is 1.64 bits per heavy atom. The van der Waals surface area contributed by atoms with Crippen LogP contribution in [-0.2, 0) is 0 Å². The van der Waals surface area contributed by atoms with Gasteiger partial charge < -0.3 is 16.0 Å². The van der Waals surface area contributed by atoms with Gasteiger partial charge in [0.1, 0.15) is 5.69 Å². The molecule has 1 heterocycles. The third-order valence-electron chi connectivity index (χ3n) is 4.84. The average molecular weight is 486 g/mol. The van der Waals surface area contributed by atoms with Crippen molar-refractivity contribution in [3.8, 4) is 0 Å². The Hall–Kier alpha value is -3.62. The first-order chi connectivity index (χ1) is 15.7. The first-order valence-electron chi connectivity index (χ1n) is 9.80. The van der Waals surface area contributed by atoms with Gasteiger partial charge >= 0.3 is 6.03 Å². The highest BCUT2D eigenvalue weighted by atomic mass is 35.5. The Balaban J connectivity index is 1.79. The van der Waals surface area contributed by atoms with Crippen molar-refractivity contribution in [2.24, 2.45) is 0 Å². The van der Waals surface area contributed by atoms with Crippen molar-refractivity contribution in [3.05, 3.63) is 81.6 Å². The molecule has 2 aromatic carbocycles. The molecule has 0 bridgehead atoms. The molecule has 170 valence electrons. The molecule has 0 unspecified atom stereocenters. The summed E-state index contributed by atoms with van der Waals surface area (Å²) in [6.07, 6.45) is 1.44. The number of urea groups is 1. The molecule has 0 aliphatic carbocycles. The average Bonchev–Trinajstić information content (AvgIpc) is 2.81. The van der Waals surface area contributed by atoms with Crippen LogP contribution in [0, 0.1) is 6.92 Å². The molecule has 3 N–H and O–H groups in total. The summed E-state index contributed by atoms with van der Waals surface area (Å²) in [6, 6.07) is 12.5. The van der Waals surface area contributed by atoms with Crippen molar-refractivity contribution < 1.29 is 14.4 Å². The van der Waals surface area contributed by atoms with E-state index in [4.69, 9.17) is 23.2 Å². The Kier molecular flexibility index (Phi) is 7.52. The zero-order chi connectivity index (χ0) is 24.1. The van der Waals surface area contributed by atoms with Crippen LogP contribution in [0.15, 0.2) is 54.7 Å². The molecule has 0 radical (unpaired) electrons. The molecule has 3 aromatic rings. The van der Waals surface area contributed by atoms with Crippen LogP contribution in [0.2, 0.25) is 10.0 Å². The maximum Gasteiger partial charge on any atom is 0.326 e. The fourth-order valence-electron chi connectivity index (χ4n) is 2.90. The molecule has 0 fully saturated rings. The predicted molar refractivity (Wildman–Crippen MR) is 131 cm³/mol. The topological polar surface area (TPSA) is 103 Å². The predicted octanol–water partition coefficient (Wildman–Crippen LogP) is 4.98. The molecule has 0 saturated carbocycles. The molecular weight excluding hydrogens is 465 g/mol. The second kappa shape index (κ2) is 10.3. The molecule has 0 atom stereocenters. The number of carbonyl (C=O) groups excluding carboxylic acids is 3. The van der Waals surface area contributed by atoms with E-state index in [2.05, 4.69) is 20.9 Å². The summed E-state index contributed by atoms with van der Waals surface area (Å²) >= 11 is 12.3. The number of nitrogens with zero attached hydrogens (tertiary/aromatic N) is 2. The lowest BCUT2D eigenvalue weighted by Crippen LogP contribution is -2.32. The normalized spacial score (nSPS) is 10.3. The largest absolute Gasteiger partial charge is 0.354 e. The van der Waals surface area contributed by atoms with Crippen molar-refractivity contribution in [2.75, 3.05) is 29.6 Å². The van der Waals surface area contributed by atoms with Crippen LogP contribution in [0.3, 0.4) is 0 Å². The summed E-state index contributed by atoms with van der Waals surface area (Å²) in [4.78, 5) is 42.7. The van der Waals surface area contributed by atoms with Gasteiger partial charge in [0, 0.05) is 37.2 Å². The van der Waals surface area contributed by atoms with Gasteiger partial charge in [-0.15, -0.1) is 0 Å². The number of pyridine rings is 1. The molecule has 4 amide bonds. The summed E-state index contributed by atoms with van der Waals surface area (Å²) in [5, 5.41) is 8.60. The van der Waals surface area contributed by atoms with Gasteiger partial charge in [-0.1, -0.05) is 35.3 Å². The number of hydrogen-bond donors (Lipinski definition) is 3. The molecular formula is C23H21Cl2N5O3. The number of halogens is 2. The first-order valence-corrected chi connectivity index (χ1v) is 10.6. The maximum atomic E-state index is 12.8. The summed E-state index contributed by atoms with van der Waals surface area (Å²) in [5.74, 6) is -0.794. The number of aryl methyl sites for hydroxylation is 1. The van der Waals surface area contributed by atoms with Gasteiger partial charge in [0.2, 0.25) is 0 Å². The lowest BCUT2D eigenvalue weighted by molar-refractivity contribution is 0.0957. The van der Waals surface area contributed by atoms with E-state index in [1.807, 2.05) is 0 Å². The van der Waals surface area contributed by atoms with E-state index in [0.717, 1.165) is 5.56 Å². The van der Waals surface area contributed by atoms with Crippen LogP contribution in [0.25, 0.3) is 0 Å². The number of anilines is 3. The van der Waals surface area contributed by atoms with Crippen LogP contribution < -0.4 is 20.9 Å². The smallest absolute Gasteiger partial charge is 0.326 e. The monoisotopic (exact) mass is 485 g/mol. The van der Waals surface area contributed by atoms with Gasteiger partial charge in [-0.2, -0.15) is 0 Å². The van der Waals surface area contributed by atoms with Crippen LogP contribution in [0.5, 0.6) is 0 Å². The number of rotatable bonds is 5. The number of para-hydroxylation sites is 1. The first kappa shape index (κ1) is 24.0. The Morgan fingerprint density at radius 1 is 0.939 bits per heavy atom. The molecule has 0 spiro atoms. The van der Waals surface area contributed by atoms with E-state index in [9.17, 15) is 14.4 Å². The summed E-state index contributed by atoms with van der Waals surface area (Å²) in [7, 11) is 3.06. The number of benzene rings is 2. The Labute approximate surface area is 200 Å². The highest BCUT2D eigenvalue weighted by molar-refractivity contribution is 6.40. The fraction of sp³-hybridized carbons (Fsp3) is 0.130. The third kappa shape index (κ3) is 5.60. The summed E-state index contributed by atoms with van der Waals surface area (Å²) in [6.45, 7) is 1.80. The lowest BCUT2D eigenvalue weighted by atomic mass is 10.1. The van der Waals surface area contributed by atoms with Crippen molar-refractivity contribution in [3.63, 3.8) is 0 Å². The summed E-state index contributed by atoms with van der Waals surface area (Å²) < 4.78 is 0. The van der Waals surface area contributed by atoms with Gasteiger partial charge in [0.15, 0.2) is 0 Å². The number of nitrogens with one attached hydrogen (secondary N) is 3. The molecule has 0 saturated heterocycles. The highest BCUT2D eigenvalue weighted by Crippen LogP contribution is 2.30. The molecule has 8 nitrogen and oxygen atoms in total.